The van der Waals surface area contributed by atoms with Crippen molar-refractivity contribution in [3.63, 3.8) is 0 Å². The number of para-hydroxylation sites is 1. The van der Waals surface area contributed by atoms with Crippen LogP contribution in [0.5, 0.6) is 5.75 Å². The average molecular weight is 259 g/mol. The predicted octanol–water partition coefficient (Wildman–Crippen LogP) is 4.28. The number of fused-ring (bicyclic) bond motifs is 1. The number of ether oxygens (including phenoxy) is 1. The quantitative estimate of drug-likeness (QED) is 0.871. The summed E-state index contributed by atoms with van der Waals surface area (Å²) in [5, 5.41) is 3.03. The van der Waals surface area contributed by atoms with Gasteiger partial charge in [0.2, 0.25) is 0 Å². The molecule has 1 aliphatic heterocycles. The van der Waals surface area contributed by atoms with E-state index < -0.39 is 6.36 Å². The lowest BCUT2D eigenvalue weighted by molar-refractivity contribution is -0.274. The molecule has 0 aromatic heterocycles. The molecule has 0 bridgehead atoms. The molecule has 0 aliphatic carbocycles. The number of benzene rings is 1. The Hall–Kier alpha value is -1.39. The number of hydrogen-bond donors (Lipinski definition) is 1. The second-order valence-electron chi connectivity index (χ2n) is 4.49. The Kier molecular flexibility index (Phi) is 3.68. The first-order chi connectivity index (χ1) is 8.51. The number of alkyl halides is 3. The molecule has 18 heavy (non-hydrogen) atoms. The molecule has 0 saturated carbocycles. The first-order valence-corrected chi connectivity index (χ1v) is 6.14. The first-order valence-electron chi connectivity index (χ1n) is 6.14. The van der Waals surface area contributed by atoms with Gasteiger partial charge in [-0.25, -0.2) is 0 Å². The summed E-state index contributed by atoms with van der Waals surface area (Å²) < 4.78 is 40.8. The van der Waals surface area contributed by atoms with Crippen molar-refractivity contribution >= 4 is 5.69 Å². The van der Waals surface area contributed by atoms with E-state index in [0.717, 1.165) is 24.8 Å². The van der Waals surface area contributed by atoms with E-state index in [1.807, 2.05) is 6.07 Å². The molecule has 1 N–H and O–H groups in total. The van der Waals surface area contributed by atoms with E-state index in [4.69, 9.17) is 0 Å². The molecule has 1 heterocycles. The van der Waals surface area contributed by atoms with E-state index in [1.165, 1.54) is 6.07 Å². The topological polar surface area (TPSA) is 21.3 Å². The van der Waals surface area contributed by atoms with E-state index in [0.29, 0.717) is 12.2 Å². The minimum absolute atomic E-state index is 0.126. The second kappa shape index (κ2) is 5.08. The molecule has 2 rings (SSSR count). The van der Waals surface area contributed by atoms with Crippen molar-refractivity contribution in [3.8, 4) is 5.75 Å². The van der Waals surface area contributed by atoms with Crippen molar-refractivity contribution in [2.75, 3.05) is 11.9 Å². The minimum Gasteiger partial charge on any atom is -0.404 e. The van der Waals surface area contributed by atoms with Gasteiger partial charge in [-0.05, 0) is 18.1 Å². The first kappa shape index (κ1) is 13.1. The SMILES string of the molecule is CCCCC1CNc2c(OC(F)(F)F)cccc21. The molecule has 0 fully saturated rings. The van der Waals surface area contributed by atoms with Gasteiger partial charge >= 0.3 is 6.36 Å². The maximum absolute atomic E-state index is 12.3. The standard InChI is InChI=1S/C13H16F3NO/c1-2-3-5-9-8-17-12-10(9)6-4-7-11(12)18-13(14,15)16/h4,6-7,9,17H,2-3,5,8H2,1H3. The highest BCUT2D eigenvalue weighted by Crippen LogP contribution is 2.42. The van der Waals surface area contributed by atoms with Gasteiger partial charge in [-0.15, -0.1) is 13.2 Å². The molecule has 0 saturated heterocycles. The molecule has 1 atom stereocenters. The summed E-state index contributed by atoms with van der Waals surface area (Å²) in [6.07, 6.45) is -1.48. The normalized spacial score (nSPS) is 18.3. The molecule has 1 unspecified atom stereocenters. The maximum atomic E-state index is 12.3. The minimum atomic E-state index is -4.64. The highest BCUT2D eigenvalue weighted by molar-refractivity contribution is 5.66. The van der Waals surface area contributed by atoms with Crippen LogP contribution in [-0.2, 0) is 0 Å². The van der Waals surface area contributed by atoms with Crippen molar-refractivity contribution in [1.82, 2.24) is 0 Å². The molecule has 0 radical (unpaired) electrons. The Bertz CT molecular complexity index is 417. The van der Waals surface area contributed by atoms with Gasteiger partial charge in [0, 0.05) is 12.5 Å². The van der Waals surface area contributed by atoms with Gasteiger partial charge in [-0.2, -0.15) is 0 Å². The predicted molar refractivity (Wildman–Crippen MR) is 63.9 cm³/mol. The van der Waals surface area contributed by atoms with Crippen LogP contribution in [0.3, 0.4) is 0 Å². The molecule has 1 aromatic carbocycles. The van der Waals surface area contributed by atoms with Crippen LogP contribution in [0.25, 0.3) is 0 Å². The van der Waals surface area contributed by atoms with E-state index in [-0.39, 0.29) is 11.7 Å². The molecular formula is C13H16F3NO. The lowest BCUT2D eigenvalue weighted by atomic mass is 9.95. The fourth-order valence-corrected chi connectivity index (χ4v) is 2.33. The Balaban J connectivity index is 2.19. The molecular weight excluding hydrogens is 243 g/mol. The van der Waals surface area contributed by atoms with Crippen LogP contribution in [0.1, 0.15) is 37.7 Å². The zero-order chi connectivity index (χ0) is 13.2. The van der Waals surface area contributed by atoms with Crippen LogP contribution < -0.4 is 10.1 Å². The van der Waals surface area contributed by atoms with Gasteiger partial charge in [0.1, 0.15) is 0 Å². The van der Waals surface area contributed by atoms with Gasteiger partial charge in [0.25, 0.3) is 0 Å². The van der Waals surface area contributed by atoms with Crippen LogP contribution in [0, 0.1) is 0 Å². The smallest absolute Gasteiger partial charge is 0.404 e. The number of hydrogen-bond acceptors (Lipinski definition) is 2. The Morgan fingerprint density at radius 3 is 2.83 bits per heavy atom. The average Bonchev–Trinajstić information content (AvgIpc) is 2.69. The summed E-state index contributed by atoms with van der Waals surface area (Å²) in [6, 6.07) is 4.84. The zero-order valence-corrected chi connectivity index (χ0v) is 10.2. The number of halogens is 3. The third-order valence-corrected chi connectivity index (χ3v) is 3.16. The van der Waals surface area contributed by atoms with Crippen LogP contribution in [0.2, 0.25) is 0 Å². The summed E-state index contributed by atoms with van der Waals surface area (Å²) in [4.78, 5) is 0. The van der Waals surface area contributed by atoms with Gasteiger partial charge in [-0.1, -0.05) is 31.9 Å². The van der Waals surface area contributed by atoms with Crippen molar-refractivity contribution in [2.24, 2.45) is 0 Å². The van der Waals surface area contributed by atoms with Crippen molar-refractivity contribution in [3.05, 3.63) is 23.8 Å². The van der Waals surface area contributed by atoms with Crippen molar-refractivity contribution in [2.45, 2.75) is 38.5 Å². The fraction of sp³-hybridized carbons (Fsp3) is 0.538. The second-order valence-corrected chi connectivity index (χ2v) is 4.49. The third-order valence-electron chi connectivity index (χ3n) is 3.16. The van der Waals surface area contributed by atoms with Crippen LogP contribution >= 0.6 is 0 Å². The molecule has 0 spiro atoms. The molecule has 5 heteroatoms. The third kappa shape index (κ3) is 2.89. The van der Waals surface area contributed by atoms with Gasteiger partial charge in [0.05, 0.1) is 5.69 Å². The van der Waals surface area contributed by atoms with Crippen LogP contribution in [0.15, 0.2) is 18.2 Å². The molecule has 0 amide bonds. The highest BCUT2D eigenvalue weighted by Gasteiger charge is 2.34. The van der Waals surface area contributed by atoms with Crippen molar-refractivity contribution in [1.29, 1.82) is 0 Å². The number of anilines is 1. The Labute approximate surface area is 104 Å². The summed E-state index contributed by atoms with van der Waals surface area (Å²) in [5.74, 6) is 0.163. The summed E-state index contributed by atoms with van der Waals surface area (Å²) >= 11 is 0. The van der Waals surface area contributed by atoms with Crippen LogP contribution in [0.4, 0.5) is 18.9 Å². The van der Waals surface area contributed by atoms with Crippen molar-refractivity contribution < 1.29 is 17.9 Å². The summed E-state index contributed by atoms with van der Waals surface area (Å²) in [6.45, 7) is 2.79. The monoisotopic (exact) mass is 259 g/mol. The molecule has 1 aliphatic rings. The van der Waals surface area contributed by atoms with Gasteiger partial charge < -0.3 is 10.1 Å². The summed E-state index contributed by atoms with van der Waals surface area (Å²) in [5.41, 5.74) is 1.43. The van der Waals surface area contributed by atoms with Gasteiger partial charge in [-0.3, -0.25) is 0 Å². The highest BCUT2D eigenvalue weighted by atomic mass is 19.4. The van der Waals surface area contributed by atoms with E-state index in [9.17, 15) is 13.2 Å². The lowest BCUT2D eigenvalue weighted by Crippen LogP contribution is -2.17. The summed E-state index contributed by atoms with van der Waals surface area (Å²) in [7, 11) is 0. The van der Waals surface area contributed by atoms with E-state index in [1.54, 1.807) is 6.07 Å². The Morgan fingerprint density at radius 2 is 2.17 bits per heavy atom. The molecule has 1 aromatic rings. The molecule has 2 nitrogen and oxygen atoms in total. The maximum Gasteiger partial charge on any atom is 0.573 e. The number of unbranched alkanes of at least 4 members (excludes halogenated alkanes) is 1. The van der Waals surface area contributed by atoms with E-state index in [2.05, 4.69) is 17.0 Å². The van der Waals surface area contributed by atoms with Gasteiger partial charge in [0.15, 0.2) is 5.75 Å². The lowest BCUT2D eigenvalue weighted by Gasteiger charge is -2.13. The fourth-order valence-electron chi connectivity index (χ4n) is 2.33. The van der Waals surface area contributed by atoms with Crippen LogP contribution in [-0.4, -0.2) is 12.9 Å². The Morgan fingerprint density at radius 1 is 1.39 bits per heavy atom. The number of rotatable bonds is 4. The largest absolute Gasteiger partial charge is 0.573 e. The molecule has 100 valence electrons. The zero-order valence-electron chi connectivity index (χ0n) is 10.2. The van der Waals surface area contributed by atoms with E-state index >= 15 is 0 Å². The number of nitrogens with one attached hydrogen (secondary N) is 1.